The third-order valence-electron chi connectivity index (χ3n) is 7.71. The Morgan fingerprint density at radius 3 is 2.08 bits per heavy atom. The van der Waals surface area contributed by atoms with Crippen LogP contribution in [0.4, 0.5) is 0 Å². The van der Waals surface area contributed by atoms with Crippen molar-refractivity contribution in [1.82, 2.24) is 4.90 Å². The minimum Gasteiger partial charge on any atom is -0.490 e. The smallest absolute Gasteiger partial charge is 0.162 e. The Morgan fingerprint density at radius 2 is 1.55 bits per heavy atom. The standard InChI is InChI=1S/C32H43NO5/c1-8-14-38-26-12-11-21(16-27(26)37-9-2)28-29-22(17-31(3,4)19-24(29)34)33(13-10-15-36-7)23-18-32(5,6)20-25(35)30(23)28/h8,11-12,16,28H,1,9-10,13-15,17-20H2,2-7H3. The lowest BCUT2D eigenvalue weighted by molar-refractivity contribution is -0.119. The first-order chi connectivity index (χ1) is 18.0. The van der Waals surface area contributed by atoms with Gasteiger partial charge in [-0.15, -0.1) is 0 Å². The summed E-state index contributed by atoms with van der Waals surface area (Å²) in [4.78, 5) is 30.1. The zero-order valence-corrected chi connectivity index (χ0v) is 23.9. The SMILES string of the molecule is C=CCOc1ccc(C2C3=C(CC(C)(C)CC3=O)N(CCCOC)C3=C2C(=O)CC(C)(C)C3)cc1OCC. The van der Waals surface area contributed by atoms with Crippen LogP contribution in [0.15, 0.2) is 53.4 Å². The molecule has 0 fully saturated rings. The molecule has 1 aromatic carbocycles. The van der Waals surface area contributed by atoms with Crippen LogP contribution in [-0.4, -0.2) is 49.9 Å². The molecular formula is C32H43NO5. The van der Waals surface area contributed by atoms with Crippen LogP contribution in [0.5, 0.6) is 11.5 Å². The van der Waals surface area contributed by atoms with E-state index in [0.29, 0.717) is 44.2 Å². The molecule has 0 unspecified atom stereocenters. The third kappa shape index (κ3) is 5.61. The van der Waals surface area contributed by atoms with Crippen LogP contribution in [0.3, 0.4) is 0 Å². The molecule has 0 spiro atoms. The molecule has 0 bridgehead atoms. The molecule has 6 nitrogen and oxygen atoms in total. The first-order valence-corrected chi connectivity index (χ1v) is 13.8. The fourth-order valence-electron chi connectivity index (χ4n) is 6.26. The van der Waals surface area contributed by atoms with Gasteiger partial charge in [0.2, 0.25) is 0 Å². The van der Waals surface area contributed by atoms with Gasteiger partial charge in [0.15, 0.2) is 23.1 Å². The van der Waals surface area contributed by atoms with Crippen molar-refractivity contribution in [2.75, 3.05) is 33.5 Å². The molecule has 0 saturated carbocycles. The van der Waals surface area contributed by atoms with Gasteiger partial charge in [-0.05, 0) is 54.7 Å². The Bertz CT molecular complexity index is 1120. The zero-order chi connectivity index (χ0) is 27.7. The summed E-state index contributed by atoms with van der Waals surface area (Å²) in [5.74, 6) is 1.10. The summed E-state index contributed by atoms with van der Waals surface area (Å²) in [6.07, 6.45) is 5.04. The van der Waals surface area contributed by atoms with Crippen molar-refractivity contribution >= 4 is 11.6 Å². The number of hydrogen-bond donors (Lipinski definition) is 0. The van der Waals surface area contributed by atoms with E-state index in [2.05, 4.69) is 39.2 Å². The van der Waals surface area contributed by atoms with Crippen LogP contribution < -0.4 is 9.47 Å². The number of nitrogens with zero attached hydrogens (tertiary/aromatic N) is 1. The van der Waals surface area contributed by atoms with Crippen molar-refractivity contribution in [2.24, 2.45) is 10.8 Å². The van der Waals surface area contributed by atoms with E-state index < -0.39 is 5.92 Å². The highest BCUT2D eigenvalue weighted by molar-refractivity contribution is 6.06. The molecule has 1 heterocycles. The number of carbonyl (C=O) groups excluding carboxylic acids is 2. The van der Waals surface area contributed by atoms with Crippen LogP contribution in [0.2, 0.25) is 0 Å². The largest absolute Gasteiger partial charge is 0.490 e. The highest BCUT2D eigenvalue weighted by Gasteiger charge is 2.48. The van der Waals surface area contributed by atoms with Gasteiger partial charge < -0.3 is 19.1 Å². The predicted molar refractivity (Wildman–Crippen MR) is 149 cm³/mol. The molecule has 0 radical (unpaired) electrons. The van der Waals surface area contributed by atoms with Crippen molar-refractivity contribution < 1.29 is 23.8 Å². The second kappa shape index (κ2) is 11.1. The van der Waals surface area contributed by atoms with Gasteiger partial charge in [0.1, 0.15) is 6.61 Å². The Hall–Kier alpha value is -2.86. The van der Waals surface area contributed by atoms with Gasteiger partial charge in [-0.1, -0.05) is 46.4 Å². The minimum atomic E-state index is -0.404. The maximum Gasteiger partial charge on any atom is 0.162 e. The zero-order valence-electron chi connectivity index (χ0n) is 23.9. The predicted octanol–water partition coefficient (Wildman–Crippen LogP) is 6.37. The number of benzene rings is 1. The van der Waals surface area contributed by atoms with Gasteiger partial charge >= 0.3 is 0 Å². The monoisotopic (exact) mass is 521 g/mol. The Balaban J connectivity index is 1.93. The van der Waals surface area contributed by atoms with E-state index in [1.165, 1.54) is 0 Å². The van der Waals surface area contributed by atoms with Gasteiger partial charge in [-0.25, -0.2) is 0 Å². The van der Waals surface area contributed by atoms with Gasteiger partial charge in [0, 0.05) is 61.6 Å². The van der Waals surface area contributed by atoms with Gasteiger partial charge in [-0.3, -0.25) is 9.59 Å². The van der Waals surface area contributed by atoms with Gasteiger partial charge in [0.05, 0.1) is 6.61 Å². The minimum absolute atomic E-state index is 0.132. The van der Waals surface area contributed by atoms with Crippen molar-refractivity contribution in [3.8, 4) is 11.5 Å². The first kappa shape index (κ1) is 28.2. The molecule has 0 aromatic heterocycles. The molecule has 0 amide bonds. The van der Waals surface area contributed by atoms with E-state index in [0.717, 1.165) is 53.9 Å². The molecule has 0 N–H and O–H groups in total. The average molecular weight is 522 g/mol. The molecule has 4 rings (SSSR count). The fourth-order valence-corrected chi connectivity index (χ4v) is 6.26. The Kier molecular flexibility index (Phi) is 8.22. The van der Waals surface area contributed by atoms with E-state index in [1.54, 1.807) is 13.2 Å². The number of methoxy groups -OCH3 is 1. The molecule has 2 aliphatic carbocycles. The van der Waals surface area contributed by atoms with Crippen LogP contribution in [0.1, 0.15) is 78.2 Å². The molecule has 0 saturated heterocycles. The third-order valence-corrected chi connectivity index (χ3v) is 7.71. The molecular weight excluding hydrogens is 478 g/mol. The summed E-state index contributed by atoms with van der Waals surface area (Å²) in [6, 6.07) is 5.84. The number of Topliss-reactive ketones (excluding diaryl/α,β-unsaturated/α-hetero) is 2. The number of ether oxygens (including phenoxy) is 3. The molecule has 1 aliphatic heterocycles. The fraction of sp³-hybridized carbons (Fsp3) is 0.562. The molecule has 3 aliphatic rings. The summed E-state index contributed by atoms with van der Waals surface area (Å²) in [5, 5.41) is 0. The highest BCUT2D eigenvalue weighted by Crippen LogP contribution is 2.55. The van der Waals surface area contributed by atoms with Crippen molar-refractivity contribution in [2.45, 2.75) is 72.6 Å². The van der Waals surface area contributed by atoms with Crippen molar-refractivity contribution in [1.29, 1.82) is 0 Å². The average Bonchev–Trinajstić information content (AvgIpc) is 2.82. The van der Waals surface area contributed by atoms with E-state index in [4.69, 9.17) is 14.2 Å². The number of allylic oxidation sites excluding steroid dienone is 4. The second-order valence-electron chi connectivity index (χ2n) is 12.3. The van der Waals surface area contributed by atoms with Gasteiger partial charge in [0.25, 0.3) is 0 Å². The summed E-state index contributed by atoms with van der Waals surface area (Å²) in [7, 11) is 1.71. The van der Waals surface area contributed by atoms with E-state index in [1.807, 2.05) is 25.1 Å². The topological polar surface area (TPSA) is 65.1 Å². The summed E-state index contributed by atoms with van der Waals surface area (Å²) < 4.78 is 17.2. The van der Waals surface area contributed by atoms with E-state index in [-0.39, 0.29) is 22.4 Å². The van der Waals surface area contributed by atoms with Crippen molar-refractivity contribution in [3.05, 3.63) is 59.0 Å². The lowest BCUT2D eigenvalue weighted by Crippen LogP contribution is -2.44. The number of carbonyl (C=O) groups is 2. The van der Waals surface area contributed by atoms with Crippen LogP contribution >= 0.6 is 0 Å². The summed E-state index contributed by atoms with van der Waals surface area (Å²) in [6.45, 7) is 16.5. The Labute approximate surface area is 227 Å². The summed E-state index contributed by atoms with van der Waals surface area (Å²) in [5.41, 5.74) is 4.29. The normalized spacial score (nSPS) is 20.8. The van der Waals surface area contributed by atoms with Crippen LogP contribution in [-0.2, 0) is 14.3 Å². The van der Waals surface area contributed by atoms with Crippen LogP contribution in [0, 0.1) is 10.8 Å². The maximum atomic E-state index is 13.9. The van der Waals surface area contributed by atoms with E-state index in [9.17, 15) is 9.59 Å². The molecule has 1 aromatic rings. The maximum absolute atomic E-state index is 13.9. The molecule has 38 heavy (non-hydrogen) atoms. The van der Waals surface area contributed by atoms with Crippen molar-refractivity contribution in [3.63, 3.8) is 0 Å². The lowest BCUT2D eigenvalue weighted by Gasteiger charge is -2.49. The first-order valence-electron chi connectivity index (χ1n) is 13.8. The lowest BCUT2D eigenvalue weighted by atomic mass is 9.63. The molecule has 0 atom stereocenters. The molecule has 206 valence electrons. The summed E-state index contributed by atoms with van der Waals surface area (Å²) >= 11 is 0. The second-order valence-corrected chi connectivity index (χ2v) is 12.3. The number of ketones is 2. The number of hydrogen-bond acceptors (Lipinski definition) is 6. The quantitative estimate of drug-likeness (QED) is 0.263. The van der Waals surface area contributed by atoms with Crippen LogP contribution in [0.25, 0.3) is 0 Å². The van der Waals surface area contributed by atoms with E-state index >= 15 is 0 Å². The highest BCUT2D eigenvalue weighted by atomic mass is 16.5. The molecule has 6 heteroatoms. The number of rotatable bonds is 10. The Morgan fingerprint density at radius 1 is 0.947 bits per heavy atom. The van der Waals surface area contributed by atoms with Gasteiger partial charge in [-0.2, -0.15) is 0 Å².